The Hall–Kier alpha value is -2.69. The molecule has 5 nitrogen and oxygen atoms in total. The molecule has 1 fully saturated rings. The minimum Gasteiger partial charge on any atom is -0.354 e. The Morgan fingerprint density at radius 3 is 2.74 bits per heavy atom. The number of aromatic nitrogens is 1. The summed E-state index contributed by atoms with van der Waals surface area (Å²) in [6.07, 6.45) is 3.85. The number of benzene rings is 1. The molecule has 3 rings (SSSR count). The number of carbonyl (C=O) groups is 2. The quantitative estimate of drug-likeness (QED) is 0.902. The van der Waals surface area contributed by atoms with Gasteiger partial charge in [0.15, 0.2) is 0 Å². The highest BCUT2D eigenvalue weighted by molar-refractivity contribution is 5.97. The molecule has 0 bridgehead atoms. The maximum absolute atomic E-state index is 12.2. The summed E-state index contributed by atoms with van der Waals surface area (Å²) in [5.41, 5.74) is 2.56. The molecule has 5 heteroatoms. The van der Waals surface area contributed by atoms with Gasteiger partial charge < -0.3 is 10.6 Å². The molecule has 1 aromatic heterocycles. The molecule has 2 amide bonds. The fraction of sp³-hybridized carbons (Fsp3) is 0.278. The summed E-state index contributed by atoms with van der Waals surface area (Å²) in [5.74, 6) is -0.371. The first kappa shape index (κ1) is 15.2. The smallest absolute Gasteiger partial charge is 0.253 e. The van der Waals surface area contributed by atoms with Gasteiger partial charge >= 0.3 is 0 Å². The zero-order chi connectivity index (χ0) is 16.1. The molecule has 0 aliphatic carbocycles. The summed E-state index contributed by atoms with van der Waals surface area (Å²) in [5, 5.41) is 5.52. The van der Waals surface area contributed by atoms with E-state index in [2.05, 4.69) is 15.6 Å². The second kappa shape index (κ2) is 7.05. The fourth-order valence-electron chi connectivity index (χ4n) is 2.62. The van der Waals surface area contributed by atoms with Crippen molar-refractivity contribution in [1.82, 2.24) is 15.6 Å². The van der Waals surface area contributed by atoms with E-state index in [0.29, 0.717) is 18.5 Å². The minimum atomic E-state index is -0.444. The Labute approximate surface area is 135 Å². The Kier molecular flexibility index (Phi) is 4.66. The number of amides is 2. The second-order valence-corrected chi connectivity index (χ2v) is 5.66. The van der Waals surface area contributed by atoms with Gasteiger partial charge in [-0.25, -0.2) is 0 Å². The Bertz CT molecular complexity index is 683. The van der Waals surface area contributed by atoms with Crippen LogP contribution in [-0.2, 0) is 11.2 Å². The zero-order valence-corrected chi connectivity index (χ0v) is 12.8. The number of carbonyl (C=O) groups excluding carboxylic acids is 2. The highest BCUT2D eigenvalue weighted by Crippen LogP contribution is 2.09. The standard InChI is InChI=1S/C18H19N3O2/c22-17(21-16-7-4-10-19-18(16)23)14-8-9-15(20-12-14)11-13-5-2-1-3-6-13/h1-3,5-6,8-9,12,16H,4,7,10-11H2,(H,19,23)(H,21,22)/t16-/m1/s1. The summed E-state index contributed by atoms with van der Waals surface area (Å²) in [7, 11) is 0. The number of hydrogen-bond acceptors (Lipinski definition) is 3. The molecule has 0 spiro atoms. The molecule has 0 saturated carbocycles. The van der Waals surface area contributed by atoms with E-state index in [1.165, 1.54) is 5.56 Å². The molecule has 1 atom stereocenters. The van der Waals surface area contributed by atoms with Crippen molar-refractivity contribution in [2.45, 2.75) is 25.3 Å². The molecule has 1 aliphatic rings. The number of pyridine rings is 1. The van der Waals surface area contributed by atoms with Crippen molar-refractivity contribution in [3.63, 3.8) is 0 Å². The molecular weight excluding hydrogens is 290 g/mol. The lowest BCUT2D eigenvalue weighted by atomic mass is 10.1. The molecule has 118 valence electrons. The average molecular weight is 309 g/mol. The van der Waals surface area contributed by atoms with Crippen molar-refractivity contribution in [2.24, 2.45) is 0 Å². The lowest BCUT2D eigenvalue weighted by molar-refractivity contribution is -0.124. The van der Waals surface area contributed by atoms with Gasteiger partial charge in [0.25, 0.3) is 5.91 Å². The maximum Gasteiger partial charge on any atom is 0.253 e. The first-order valence-corrected chi connectivity index (χ1v) is 7.80. The topological polar surface area (TPSA) is 71.1 Å². The van der Waals surface area contributed by atoms with Crippen LogP contribution in [0.25, 0.3) is 0 Å². The van der Waals surface area contributed by atoms with Gasteiger partial charge in [0, 0.05) is 24.9 Å². The lowest BCUT2D eigenvalue weighted by Gasteiger charge is -2.22. The SMILES string of the molecule is O=C(N[C@@H]1CCCNC1=O)c1ccc(Cc2ccccc2)nc1. The van der Waals surface area contributed by atoms with Crippen LogP contribution in [0.3, 0.4) is 0 Å². The summed E-state index contributed by atoms with van der Waals surface area (Å²) >= 11 is 0. The lowest BCUT2D eigenvalue weighted by Crippen LogP contribution is -2.50. The van der Waals surface area contributed by atoms with Gasteiger partial charge in [-0.15, -0.1) is 0 Å². The van der Waals surface area contributed by atoms with Crippen molar-refractivity contribution < 1.29 is 9.59 Å². The Morgan fingerprint density at radius 2 is 2.04 bits per heavy atom. The summed E-state index contributed by atoms with van der Waals surface area (Å²) in [4.78, 5) is 28.2. The highest BCUT2D eigenvalue weighted by atomic mass is 16.2. The molecule has 1 aliphatic heterocycles. The molecule has 2 aromatic rings. The van der Waals surface area contributed by atoms with Gasteiger partial charge in [0.05, 0.1) is 5.56 Å². The van der Waals surface area contributed by atoms with Gasteiger partial charge in [-0.2, -0.15) is 0 Å². The van der Waals surface area contributed by atoms with Crippen LogP contribution in [0.5, 0.6) is 0 Å². The van der Waals surface area contributed by atoms with Crippen molar-refractivity contribution in [1.29, 1.82) is 0 Å². The predicted octanol–water partition coefficient (Wildman–Crippen LogP) is 1.68. The van der Waals surface area contributed by atoms with Gasteiger partial charge in [-0.3, -0.25) is 14.6 Å². The number of hydrogen-bond donors (Lipinski definition) is 2. The van der Waals surface area contributed by atoms with Crippen LogP contribution in [0.4, 0.5) is 0 Å². The average Bonchev–Trinajstić information content (AvgIpc) is 2.58. The molecule has 2 heterocycles. The summed E-state index contributed by atoms with van der Waals surface area (Å²) in [6, 6.07) is 13.2. The Morgan fingerprint density at radius 1 is 1.22 bits per heavy atom. The van der Waals surface area contributed by atoms with Crippen LogP contribution in [0, 0.1) is 0 Å². The molecule has 0 unspecified atom stereocenters. The Balaban J connectivity index is 1.62. The van der Waals surface area contributed by atoms with E-state index >= 15 is 0 Å². The van der Waals surface area contributed by atoms with Crippen molar-refractivity contribution in [2.75, 3.05) is 6.54 Å². The fourth-order valence-corrected chi connectivity index (χ4v) is 2.62. The van der Waals surface area contributed by atoms with E-state index in [9.17, 15) is 9.59 Å². The van der Waals surface area contributed by atoms with Crippen molar-refractivity contribution >= 4 is 11.8 Å². The maximum atomic E-state index is 12.2. The van der Waals surface area contributed by atoms with Gasteiger partial charge in [-0.05, 0) is 30.5 Å². The van der Waals surface area contributed by atoms with Gasteiger partial charge in [0.1, 0.15) is 6.04 Å². The van der Waals surface area contributed by atoms with E-state index in [1.54, 1.807) is 12.3 Å². The summed E-state index contributed by atoms with van der Waals surface area (Å²) < 4.78 is 0. The van der Waals surface area contributed by atoms with Crippen LogP contribution in [0.1, 0.15) is 34.5 Å². The second-order valence-electron chi connectivity index (χ2n) is 5.66. The molecular formula is C18H19N3O2. The van der Waals surface area contributed by atoms with Crippen LogP contribution in [-0.4, -0.2) is 29.4 Å². The predicted molar refractivity (Wildman–Crippen MR) is 87.0 cm³/mol. The van der Waals surface area contributed by atoms with E-state index in [1.807, 2.05) is 36.4 Å². The number of piperidine rings is 1. The molecule has 0 radical (unpaired) electrons. The first-order chi connectivity index (χ1) is 11.2. The third-order valence-corrected chi connectivity index (χ3v) is 3.91. The molecule has 23 heavy (non-hydrogen) atoms. The third-order valence-electron chi connectivity index (χ3n) is 3.91. The number of nitrogens with zero attached hydrogens (tertiary/aromatic N) is 1. The molecule has 1 aromatic carbocycles. The van der Waals surface area contributed by atoms with Crippen LogP contribution < -0.4 is 10.6 Å². The van der Waals surface area contributed by atoms with Crippen LogP contribution in [0.15, 0.2) is 48.7 Å². The zero-order valence-electron chi connectivity index (χ0n) is 12.8. The normalized spacial score (nSPS) is 17.4. The van der Waals surface area contributed by atoms with E-state index in [-0.39, 0.29) is 11.8 Å². The number of rotatable bonds is 4. The minimum absolute atomic E-state index is 0.113. The largest absolute Gasteiger partial charge is 0.354 e. The summed E-state index contributed by atoms with van der Waals surface area (Å²) in [6.45, 7) is 0.681. The van der Waals surface area contributed by atoms with Crippen molar-refractivity contribution in [3.8, 4) is 0 Å². The molecule has 1 saturated heterocycles. The van der Waals surface area contributed by atoms with E-state index in [0.717, 1.165) is 18.5 Å². The van der Waals surface area contributed by atoms with Crippen LogP contribution >= 0.6 is 0 Å². The number of nitrogens with one attached hydrogen (secondary N) is 2. The van der Waals surface area contributed by atoms with Crippen molar-refractivity contribution in [3.05, 3.63) is 65.5 Å². The molecule has 2 N–H and O–H groups in total. The highest BCUT2D eigenvalue weighted by Gasteiger charge is 2.23. The van der Waals surface area contributed by atoms with E-state index < -0.39 is 6.04 Å². The van der Waals surface area contributed by atoms with Gasteiger partial charge in [-0.1, -0.05) is 30.3 Å². The van der Waals surface area contributed by atoms with E-state index in [4.69, 9.17) is 0 Å². The monoisotopic (exact) mass is 309 g/mol. The first-order valence-electron chi connectivity index (χ1n) is 7.80. The third kappa shape index (κ3) is 3.94. The van der Waals surface area contributed by atoms with Gasteiger partial charge in [0.2, 0.25) is 5.91 Å². The van der Waals surface area contributed by atoms with Crippen LogP contribution in [0.2, 0.25) is 0 Å².